The lowest BCUT2D eigenvalue weighted by molar-refractivity contribution is 0.297. The van der Waals surface area contributed by atoms with Gasteiger partial charge < -0.3 is 14.8 Å². The zero-order valence-electron chi connectivity index (χ0n) is 13.3. The number of hydrogen-bond acceptors (Lipinski definition) is 3. The minimum absolute atomic E-state index is 0.552. The number of rotatable bonds is 10. The standard InChI is InChI=1S/C17H29NO2/c1-5-19-16-7-6-8-17(13-16)20-12-11-18-15(4)10-9-14(2)3/h6-8,13-15,18H,5,9-12H2,1-4H3. The summed E-state index contributed by atoms with van der Waals surface area (Å²) in [5, 5.41) is 3.49. The first-order valence-corrected chi connectivity index (χ1v) is 7.70. The fraction of sp³-hybridized carbons (Fsp3) is 0.647. The van der Waals surface area contributed by atoms with Gasteiger partial charge in [0.25, 0.3) is 0 Å². The summed E-state index contributed by atoms with van der Waals surface area (Å²) in [6.07, 6.45) is 2.49. The van der Waals surface area contributed by atoms with Crippen molar-refractivity contribution in [2.75, 3.05) is 19.8 Å². The third kappa shape index (κ3) is 7.39. The molecule has 0 aliphatic rings. The van der Waals surface area contributed by atoms with E-state index < -0.39 is 0 Å². The predicted molar refractivity (Wildman–Crippen MR) is 84.6 cm³/mol. The van der Waals surface area contributed by atoms with Crippen LogP contribution in [0.5, 0.6) is 11.5 Å². The third-order valence-corrected chi connectivity index (χ3v) is 3.16. The van der Waals surface area contributed by atoms with Gasteiger partial charge in [-0.05, 0) is 44.7 Å². The van der Waals surface area contributed by atoms with Crippen molar-refractivity contribution in [1.29, 1.82) is 0 Å². The van der Waals surface area contributed by atoms with Crippen molar-refractivity contribution in [1.82, 2.24) is 5.32 Å². The topological polar surface area (TPSA) is 30.5 Å². The Morgan fingerprint density at radius 1 is 1.05 bits per heavy atom. The summed E-state index contributed by atoms with van der Waals surface area (Å²) in [4.78, 5) is 0. The monoisotopic (exact) mass is 279 g/mol. The lowest BCUT2D eigenvalue weighted by Crippen LogP contribution is -2.30. The largest absolute Gasteiger partial charge is 0.494 e. The van der Waals surface area contributed by atoms with Gasteiger partial charge in [0.15, 0.2) is 0 Å². The van der Waals surface area contributed by atoms with Crippen LogP contribution in [0.4, 0.5) is 0 Å². The normalized spacial score (nSPS) is 12.4. The van der Waals surface area contributed by atoms with Crippen molar-refractivity contribution in [3.8, 4) is 11.5 Å². The molecule has 0 aliphatic heterocycles. The van der Waals surface area contributed by atoms with Gasteiger partial charge >= 0.3 is 0 Å². The van der Waals surface area contributed by atoms with Gasteiger partial charge in [-0.1, -0.05) is 19.9 Å². The van der Waals surface area contributed by atoms with E-state index in [4.69, 9.17) is 9.47 Å². The molecule has 1 N–H and O–H groups in total. The summed E-state index contributed by atoms with van der Waals surface area (Å²) >= 11 is 0. The second-order valence-electron chi connectivity index (χ2n) is 5.58. The Balaban J connectivity index is 2.18. The molecule has 20 heavy (non-hydrogen) atoms. The molecule has 114 valence electrons. The molecule has 1 rings (SSSR count). The molecular weight excluding hydrogens is 250 g/mol. The molecule has 1 unspecified atom stereocenters. The van der Waals surface area contributed by atoms with Crippen LogP contribution >= 0.6 is 0 Å². The molecule has 1 aromatic rings. The molecule has 0 bridgehead atoms. The van der Waals surface area contributed by atoms with E-state index in [1.54, 1.807) is 0 Å². The minimum atomic E-state index is 0.552. The second-order valence-corrected chi connectivity index (χ2v) is 5.58. The molecule has 0 amide bonds. The minimum Gasteiger partial charge on any atom is -0.494 e. The van der Waals surface area contributed by atoms with Gasteiger partial charge in [-0.3, -0.25) is 0 Å². The van der Waals surface area contributed by atoms with E-state index in [9.17, 15) is 0 Å². The van der Waals surface area contributed by atoms with Crippen LogP contribution in [-0.4, -0.2) is 25.8 Å². The summed E-state index contributed by atoms with van der Waals surface area (Å²) < 4.78 is 11.2. The fourth-order valence-corrected chi connectivity index (χ4v) is 1.98. The molecule has 1 atom stereocenters. The van der Waals surface area contributed by atoms with Crippen LogP contribution in [0, 0.1) is 5.92 Å². The van der Waals surface area contributed by atoms with E-state index in [-0.39, 0.29) is 0 Å². The third-order valence-electron chi connectivity index (χ3n) is 3.16. The lowest BCUT2D eigenvalue weighted by atomic mass is 10.0. The number of benzene rings is 1. The van der Waals surface area contributed by atoms with Gasteiger partial charge in [0.2, 0.25) is 0 Å². The molecule has 0 fully saturated rings. The molecule has 3 nitrogen and oxygen atoms in total. The van der Waals surface area contributed by atoms with Crippen molar-refractivity contribution < 1.29 is 9.47 Å². The van der Waals surface area contributed by atoms with Gasteiger partial charge in [0.1, 0.15) is 18.1 Å². The summed E-state index contributed by atoms with van der Waals surface area (Å²) in [6.45, 7) is 11.0. The highest BCUT2D eigenvalue weighted by atomic mass is 16.5. The van der Waals surface area contributed by atoms with E-state index >= 15 is 0 Å². The lowest BCUT2D eigenvalue weighted by Gasteiger charge is -2.15. The molecule has 0 heterocycles. The van der Waals surface area contributed by atoms with Crippen molar-refractivity contribution >= 4 is 0 Å². The van der Waals surface area contributed by atoms with Crippen LogP contribution in [0.25, 0.3) is 0 Å². The smallest absolute Gasteiger partial charge is 0.123 e. The van der Waals surface area contributed by atoms with Crippen LogP contribution in [0.15, 0.2) is 24.3 Å². The SMILES string of the molecule is CCOc1cccc(OCCNC(C)CCC(C)C)c1. The summed E-state index contributed by atoms with van der Waals surface area (Å²) in [6, 6.07) is 8.36. The average Bonchev–Trinajstić information content (AvgIpc) is 2.42. The maximum Gasteiger partial charge on any atom is 0.123 e. The predicted octanol–water partition coefficient (Wildman–Crippen LogP) is 3.88. The summed E-state index contributed by atoms with van der Waals surface area (Å²) in [7, 11) is 0. The van der Waals surface area contributed by atoms with Crippen molar-refractivity contribution in [3.05, 3.63) is 24.3 Å². The molecule has 0 aromatic heterocycles. The Bertz CT molecular complexity index is 366. The summed E-state index contributed by atoms with van der Waals surface area (Å²) in [5.41, 5.74) is 0. The molecule has 0 radical (unpaired) electrons. The highest BCUT2D eigenvalue weighted by molar-refractivity contribution is 5.32. The van der Waals surface area contributed by atoms with E-state index in [1.165, 1.54) is 12.8 Å². The van der Waals surface area contributed by atoms with Crippen LogP contribution in [0.1, 0.15) is 40.5 Å². The fourth-order valence-electron chi connectivity index (χ4n) is 1.98. The van der Waals surface area contributed by atoms with Gasteiger partial charge in [0.05, 0.1) is 6.61 Å². The second kappa shape index (κ2) is 9.65. The van der Waals surface area contributed by atoms with E-state index in [0.29, 0.717) is 19.3 Å². The zero-order valence-corrected chi connectivity index (χ0v) is 13.3. The van der Waals surface area contributed by atoms with Crippen molar-refractivity contribution in [2.45, 2.75) is 46.6 Å². The first-order chi connectivity index (χ1) is 9.61. The summed E-state index contributed by atoms with van der Waals surface area (Å²) in [5.74, 6) is 2.51. The first-order valence-electron chi connectivity index (χ1n) is 7.70. The van der Waals surface area contributed by atoms with Crippen LogP contribution in [0.3, 0.4) is 0 Å². The number of ether oxygens (including phenoxy) is 2. The maximum absolute atomic E-state index is 5.73. The molecule has 0 saturated carbocycles. The van der Waals surface area contributed by atoms with Crippen molar-refractivity contribution in [3.63, 3.8) is 0 Å². The van der Waals surface area contributed by atoms with E-state index in [1.807, 2.05) is 31.2 Å². The highest BCUT2D eigenvalue weighted by Crippen LogP contribution is 2.19. The average molecular weight is 279 g/mol. The Morgan fingerprint density at radius 3 is 2.40 bits per heavy atom. The van der Waals surface area contributed by atoms with Gasteiger partial charge in [-0.25, -0.2) is 0 Å². The number of nitrogens with one attached hydrogen (secondary N) is 1. The Morgan fingerprint density at radius 2 is 1.75 bits per heavy atom. The quantitative estimate of drug-likeness (QED) is 0.659. The Hall–Kier alpha value is -1.22. The van der Waals surface area contributed by atoms with Crippen LogP contribution < -0.4 is 14.8 Å². The molecule has 3 heteroatoms. The van der Waals surface area contributed by atoms with E-state index in [2.05, 4.69) is 26.1 Å². The first kappa shape index (κ1) is 16.8. The van der Waals surface area contributed by atoms with Crippen molar-refractivity contribution in [2.24, 2.45) is 5.92 Å². The van der Waals surface area contributed by atoms with Gasteiger partial charge in [0, 0.05) is 18.7 Å². The van der Waals surface area contributed by atoms with Gasteiger partial charge in [-0.2, -0.15) is 0 Å². The Kier molecular flexibility index (Phi) is 8.12. The molecule has 0 saturated heterocycles. The van der Waals surface area contributed by atoms with E-state index in [0.717, 1.165) is 24.0 Å². The molecule has 0 spiro atoms. The molecular formula is C17H29NO2. The van der Waals surface area contributed by atoms with Crippen LogP contribution in [0.2, 0.25) is 0 Å². The van der Waals surface area contributed by atoms with Crippen LogP contribution in [-0.2, 0) is 0 Å². The molecule has 0 aliphatic carbocycles. The maximum atomic E-state index is 5.73. The Labute approximate surface area is 123 Å². The zero-order chi connectivity index (χ0) is 14.8. The van der Waals surface area contributed by atoms with Gasteiger partial charge in [-0.15, -0.1) is 0 Å². The number of hydrogen-bond donors (Lipinski definition) is 1. The molecule has 1 aromatic carbocycles. The highest BCUT2D eigenvalue weighted by Gasteiger charge is 2.03.